The second-order valence-corrected chi connectivity index (χ2v) is 3.19. The van der Waals surface area contributed by atoms with Gasteiger partial charge in [0.25, 0.3) is 0 Å². The molecule has 1 atom stereocenters. The first-order valence-electron chi connectivity index (χ1n) is 4.21. The van der Waals surface area contributed by atoms with Crippen LogP contribution >= 0.6 is 0 Å². The van der Waals surface area contributed by atoms with Crippen LogP contribution in [0.15, 0.2) is 12.1 Å². The van der Waals surface area contributed by atoms with Crippen molar-refractivity contribution in [2.24, 2.45) is 5.73 Å². The molecule has 1 rings (SSSR count). The summed E-state index contributed by atoms with van der Waals surface area (Å²) in [6.45, 7) is 1.75. The number of rotatable bonds is 2. The molecule has 0 saturated heterocycles. The molecule has 4 nitrogen and oxygen atoms in total. The molecule has 14 heavy (non-hydrogen) atoms. The molecule has 0 radical (unpaired) electrons. The van der Waals surface area contributed by atoms with E-state index >= 15 is 0 Å². The number of hydrogen-bond donors (Lipinski definition) is 3. The van der Waals surface area contributed by atoms with E-state index in [1.165, 1.54) is 12.1 Å². The number of phenols is 2. The standard InChI is InChI=1S/C10H12N2O2/c1-6-4-8(13)10(9(14)5-6)7(12)2-3-11/h4-5,7,13-14H,2,12H2,1H3. The number of aromatic hydroxyl groups is 2. The second kappa shape index (κ2) is 3.99. The fraction of sp³-hybridized carbons (Fsp3) is 0.300. The van der Waals surface area contributed by atoms with Crippen LogP contribution in [-0.4, -0.2) is 10.2 Å². The number of phenolic OH excluding ortho intramolecular Hbond substituents is 2. The summed E-state index contributed by atoms with van der Waals surface area (Å²) in [6, 6.07) is 4.25. The van der Waals surface area contributed by atoms with Gasteiger partial charge in [-0.3, -0.25) is 0 Å². The van der Waals surface area contributed by atoms with Gasteiger partial charge in [-0.15, -0.1) is 0 Å². The van der Waals surface area contributed by atoms with E-state index in [4.69, 9.17) is 11.0 Å². The van der Waals surface area contributed by atoms with Crippen molar-refractivity contribution in [2.75, 3.05) is 0 Å². The van der Waals surface area contributed by atoms with Gasteiger partial charge in [0, 0.05) is 0 Å². The molecule has 1 aromatic carbocycles. The van der Waals surface area contributed by atoms with Crippen molar-refractivity contribution in [3.63, 3.8) is 0 Å². The maximum atomic E-state index is 9.52. The van der Waals surface area contributed by atoms with Gasteiger partial charge in [0.15, 0.2) is 0 Å². The first kappa shape index (κ1) is 10.4. The molecule has 0 spiro atoms. The van der Waals surface area contributed by atoms with Crippen LogP contribution in [0, 0.1) is 18.3 Å². The molecule has 0 amide bonds. The van der Waals surface area contributed by atoms with Crippen molar-refractivity contribution in [1.82, 2.24) is 0 Å². The molecule has 1 unspecified atom stereocenters. The largest absolute Gasteiger partial charge is 0.507 e. The van der Waals surface area contributed by atoms with E-state index in [1.54, 1.807) is 6.92 Å². The van der Waals surface area contributed by atoms with Gasteiger partial charge < -0.3 is 15.9 Å². The Morgan fingerprint density at radius 2 is 1.93 bits per heavy atom. The van der Waals surface area contributed by atoms with Crippen molar-refractivity contribution >= 4 is 0 Å². The molecular weight excluding hydrogens is 180 g/mol. The van der Waals surface area contributed by atoms with Gasteiger partial charge >= 0.3 is 0 Å². The topological polar surface area (TPSA) is 90.3 Å². The lowest BCUT2D eigenvalue weighted by Gasteiger charge is -2.12. The van der Waals surface area contributed by atoms with Crippen LogP contribution in [0.25, 0.3) is 0 Å². The highest BCUT2D eigenvalue weighted by Crippen LogP contribution is 2.33. The average molecular weight is 192 g/mol. The molecular formula is C10H12N2O2. The summed E-state index contributed by atoms with van der Waals surface area (Å²) >= 11 is 0. The Bertz CT molecular complexity index is 359. The fourth-order valence-corrected chi connectivity index (χ4v) is 1.34. The van der Waals surface area contributed by atoms with E-state index in [9.17, 15) is 10.2 Å². The first-order valence-corrected chi connectivity index (χ1v) is 4.21. The van der Waals surface area contributed by atoms with E-state index in [2.05, 4.69) is 0 Å². The van der Waals surface area contributed by atoms with Crippen LogP contribution in [0.3, 0.4) is 0 Å². The molecule has 0 bridgehead atoms. The smallest absolute Gasteiger partial charge is 0.124 e. The van der Waals surface area contributed by atoms with E-state index in [0.29, 0.717) is 0 Å². The highest BCUT2D eigenvalue weighted by atomic mass is 16.3. The summed E-state index contributed by atoms with van der Waals surface area (Å²) in [4.78, 5) is 0. The lowest BCUT2D eigenvalue weighted by molar-refractivity contribution is 0.428. The normalized spacial score (nSPS) is 12.1. The summed E-state index contributed by atoms with van der Waals surface area (Å²) < 4.78 is 0. The average Bonchev–Trinajstić information content (AvgIpc) is 2.01. The molecule has 4 heteroatoms. The Balaban J connectivity index is 3.15. The third kappa shape index (κ3) is 1.95. The number of aryl methyl sites for hydroxylation is 1. The molecule has 0 heterocycles. The zero-order chi connectivity index (χ0) is 10.7. The molecule has 0 aliphatic rings. The summed E-state index contributed by atoms with van der Waals surface area (Å²) in [6.07, 6.45) is 0.0597. The summed E-state index contributed by atoms with van der Waals surface area (Å²) in [5, 5.41) is 27.5. The van der Waals surface area contributed by atoms with E-state index in [1.807, 2.05) is 6.07 Å². The summed E-state index contributed by atoms with van der Waals surface area (Å²) in [5.74, 6) is -0.129. The Labute approximate surface area is 82.2 Å². The maximum Gasteiger partial charge on any atom is 0.124 e. The van der Waals surface area contributed by atoms with Crippen molar-refractivity contribution in [3.05, 3.63) is 23.3 Å². The van der Waals surface area contributed by atoms with Crippen LogP contribution < -0.4 is 5.73 Å². The van der Waals surface area contributed by atoms with Crippen molar-refractivity contribution in [2.45, 2.75) is 19.4 Å². The maximum absolute atomic E-state index is 9.52. The van der Waals surface area contributed by atoms with Crippen LogP contribution in [0.1, 0.15) is 23.6 Å². The zero-order valence-electron chi connectivity index (χ0n) is 7.86. The van der Waals surface area contributed by atoms with Gasteiger partial charge in [0.05, 0.1) is 24.1 Å². The number of nitrogens with two attached hydrogens (primary N) is 1. The Hall–Kier alpha value is -1.73. The lowest BCUT2D eigenvalue weighted by atomic mass is 10.0. The van der Waals surface area contributed by atoms with Crippen LogP contribution in [0.5, 0.6) is 11.5 Å². The molecule has 4 N–H and O–H groups in total. The van der Waals surface area contributed by atoms with Crippen LogP contribution in [0.4, 0.5) is 0 Å². The second-order valence-electron chi connectivity index (χ2n) is 3.19. The Kier molecular flexibility index (Phi) is 2.95. The SMILES string of the molecule is Cc1cc(O)c(C(N)CC#N)c(O)c1. The van der Waals surface area contributed by atoms with Crippen LogP contribution in [0.2, 0.25) is 0 Å². The summed E-state index contributed by atoms with van der Waals surface area (Å²) in [7, 11) is 0. The minimum absolute atomic E-state index is 0.0597. The lowest BCUT2D eigenvalue weighted by Crippen LogP contribution is -2.09. The van der Waals surface area contributed by atoms with E-state index < -0.39 is 6.04 Å². The predicted molar refractivity (Wildman–Crippen MR) is 51.7 cm³/mol. The molecule has 0 aliphatic heterocycles. The van der Waals surface area contributed by atoms with Gasteiger partial charge in [-0.2, -0.15) is 5.26 Å². The zero-order valence-corrected chi connectivity index (χ0v) is 7.86. The highest BCUT2D eigenvalue weighted by molar-refractivity contribution is 5.48. The van der Waals surface area contributed by atoms with Gasteiger partial charge in [0.1, 0.15) is 11.5 Å². The van der Waals surface area contributed by atoms with Crippen molar-refractivity contribution in [3.8, 4) is 17.6 Å². The van der Waals surface area contributed by atoms with Gasteiger partial charge in [-0.1, -0.05) is 0 Å². The number of hydrogen-bond acceptors (Lipinski definition) is 4. The molecule has 0 aliphatic carbocycles. The van der Waals surface area contributed by atoms with E-state index in [-0.39, 0.29) is 23.5 Å². The fourth-order valence-electron chi connectivity index (χ4n) is 1.34. The van der Waals surface area contributed by atoms with Crippen LogP contribution in [-0.2, 0) is 0 Å². The minimum atomic E-state index is -0.652. The molecule has 0 aromatic heterocycles. The van der Waals surface area contributed by atoms with Gasteiger partial charge in [-0.25, -0.2) is 0 Å². The van der Waals surface area contributed by atoms with Gasteiger partial charge in [-0.05, 0) is 24.6 Å². The number of nitriles is 1. The summed E-state index contributed by atoms with van der Waals surface area (Å²) in [5.41, 5.74) is 6.59. The Morgan fingerprint density at radius 3 is 2.36 bits per heavy atom. The van der Waals surface area contributed by atoms with Crippen molar-refractivity contribution in [1.29, 1.82) is 5.26 Å². The molecule has 0 saturated carbocycles. The molecule has 74 valence electrons. The first-order chi connectivity index (χ1) is 6.56. The highest BCUT2D eigenvalue weighted by Gasteiger charge is 2.15. The number of nitrogens with zero attached hydrogens (tertiary/aromatic N) is 1. The third-order valence-electron chi connectivity index (χ3n) is 1.96. The Morgan fingerprint density at radius 1 is 1.43 bits per heavy atom. The molecule has 0 fully saturated rings. The predicted octanol–water partition coefficient (Wildman–Crippen LogP) is 1.32. The van der Waals surface area contributed by atoms with Gasteiger partial charge in [0.2, 0.25) is 0 Å². The quantitative estimate of drug-likeness (QED) is 0.659. The number of benzene rings is 1. The van der Waals surface area contributed by atoms with Crippen molar-refractivity contribution < 1.29 is 10.2 Å². The minimum Gasteiger partial charge on any atom is -0.507 e. The van der Waals surface area contributed by atoms with E-state index in [0.717, 1.165) is 5.56 Å². The molecule has 1 aromatic rings. The third-order valence-corrected chi connectivity index (χ3v) is 1.96. The monoisotopic (exact) mass is 192 g/mol.